The first kappa shape index (κ1) is 20.3. The number of nitrogens with one attached hydrogen (secondary N) is 1. The van der Waals surface area contributed by atoms with E-state index in [-0.39, 0.29) is 16.4 Å². The van der Waals surface area contributed by atoms with Crippen LogP contribution in [0.5, 0.6) is 0 Å². The van der Waals surface area contributed by atoms with Gasteiger partial charge in [-0.05, 0) is 48.5 Å². The molecule has 7 nitrogen and oxygen atoms in total. The standard InChI is InChI=1S/C19H19NO6S/c1-3-18(22)20-15-8-4-13(5-9-15)17(21)12-26-19(23)14-6-10-16(11-7-14)27(2,24)25/h4-11H,3,12H2,1-2H3,(H,20,22). The Bertz CT molecular complexity index is 947. The van der Waals surface area contributed by atoms with Crippen molar-refractivity contribution in [1.29, 1.82) is 0 Å². The largest absolute Gasteiger partial charge is 0.454 e. The van der Waals surface area contributed by atoms with E-state index in [4.69, 9.17) is 4.74 Å². The van der Waals surface area contributed by atoms with Crippen LogP contribution in [0, 0.1) is 0 Å². The third kappa shape index (κ3) is 5.75. The fourth-order valence-corrected chi connectivity index (χ4v) is 2.76. The molecule has 2 aromatic rings. The maximum atomic E-state index is 12.1. The van der Waals surface area contributed by atoms with Crippen LogP contribution >= 0.6 is 0 Å². The zero-order valence-electron chi connectivity index (χ0n) is 14.9. The quantitative estimate of drug-likeness (QED) is 0.576. The minimum absolute atomic E-state index is 0.0883. The average molecular weight is 389 g/mol. The van der Waals surface area contributed by atoms with Gasteiger partial charge in [-0.3, -0.25) is 9.59 Å². The number of sulfone groups is 1. The van der Waals surface area contributed by atoms with Crippen LogP contribution in [0.4, 0.5) is 5.69 Å². The fourth-order valence-electron chi connectivity index (χ4n) is 2.12. The van der Waals surface area contributed by atoms with Crippen LogP contribution in [-0.2, 0) is 19.4 Å². The van der Waals surface area contributed by atoms with E-state index in [1.54, 1.807) is 19.1 Å². The van der Waals surface area contributed by atoms with Crippen LogP contribution in [-0.4, -0.2) is 38.9 Å². The number of esters is 1. The summed E-state index contributed by atoms with van der Waals surface area (Å²) >= 11 is 0. The van der Waals surface area contributed by atoms with Crippen LogP contribution in [0.25, 0.3) is 0 Å². The summed E-state index contributed by atoms with van der Waals surface area (Å²) in [5.41, 5.74) is 1.05. The van der Waals surface area contributed by atoms with Crippen LogP contribution < -0.4 is 5.32 Å². The third-order valence-corrected chi connectivity index (χ3v) is 4.79. The smallest absolute Gasteiger partial charge is 0.338 e. The molecule has 2 rings (SSSR count). The topological polar surface area (TPSA) is 107 Å². The van der Waals surface area contributed by atoms with E-state index in [0.717, 1.165) is 6.26 Å². The molecule has 1 N–H and O–H groups in total. The number of rotatable bonds is 7. The van der Waals surface area contributed by atoms with Crippen molar-refractivity contribution in [3.05, 3.63) is 59.7 Å². The second-order valence-electron chi connectivity index (χ2n) is 5.77. The number of carbonyl (C=O) groups excluding carboxylic acids is 3. The van der Waals surface area contributed by atoms with Gasteiger partial charge in [0.25, 0.3) is 0 Å². The molecule has 27 heavy (non-hydrogen) atoms. The summed E-state index contributed by atoms with van der Waals surface area (Å²) in [5.74, 6) is -1.26. The van der Waals surface area contributed by atoms with Gasteiger partial charge in [0.1, 0.15) is 0 Å². The lowest BCUT2D eigenvalue weighted by Gasteiger charge is -2.07. The molecule has 0 unspecified atom stereocenters. The highest BCUT2D eigenvalue weighted by molar-refractivity contribution is 7.90. The molecule has 0 heterocycles. The zero-order valence-corrected chi connectivity index (χ0v) is 15.7. The second kappa shape index (κ2) is 8.59. The molecule has 142 valence electrons. The highest BCUT2D eigenvalue weighted by Gasteiger charge is 2.14. The maximum Gasteiger partial charge on any atom is 0.338 e. The monoisotopic (exact) mass is 389 g/mol. The van der Waals surface area contributed by atoms with Gasteiger partial charge in [-0.15, -0.1) is 0 Å². The van der Waals surface area contributed by atoms with E-state index in [9.17, 15) is 22.8 Å². The van der Waals surface area contributed by atoms with Gasteiger partial charge in [0.2, 0.25) is 5.91 Å². The summed E-state index contributed by atoms with van der Waals surface area (Å²) in [4.78, 5) is 35.5. The minimum atomic E-state index is -3.35. The molecule has 0 aliphatic carbocycles. The highest BCUT2D eigenvalue weighted by atomic mass is 32.2. The van der Waals surface area contributed by atoms with Crippen molar-refractivity contribution in [1.82, 2.24) is 0 Å². The Balaban J connectivity index is 1.94. The summed E-state index contributed by atoms with van der Waals surface area (Å²) in [5, 5.41) is 2.67. The molecule has 0 saturated heterocycles. The molecule has 0 saturated carbocycles. The van der Waals surface area contributed by atoms with E-state index in [2.05, 4.69) is 5.32 Å². The fraction of sp³-hybridized carbons (Fsp3) is 0.211. The lowest BCUT2D eigenvalue weighted by atomic mass is 10.1. The van der Waals surface area contributed by atoms with Crippen molar-refractivity contribution in [2.45, 2.75) is 18.2 Å². The number of Topliss-reactive ketones (excluding diaryl/α,β-unsaturated/α-hetero) is 1. The zero-order chi connectivity index (χ0) is 20.0. The Hall–Kier alpha value is -3.00. The number of carbonyl (C=O) groups is 3. The number of hydrogen-bond acceptors (Lipinski definition) is 6. The van der Waals surface area contributed by atoms with Gasteiger partial charge in [0.15, 0.2) is 22.2 Å². The van der Waals surface area contributed by atoms with Gasteiger partial charge in [-0.2, -0.15) is 0 Å². The van der Waals surface area contributed by atoms with E-state index in [0.29, 0.717) is 17.7 Å². The summed E-state index contributed by atoms with van der Waals surface area (Å²) in [7, 11) is -3.35. The van der Waals surface area contributed by atoms with Crippen molar-refractivity contribution in [3.8, 4) is 0 Å². The number of hydrogen-bond donors (Lipinski definition) is 1. The number of anilines is 1. The molecular weight excluding hydrogens is 370 g/mol. The highest BCUT2D eigenvalue weighted by Crippen LogP contribution is 2.13. The van der Waals surface area contributed by atoms with E-state index < -0.39 is 28.2 Å². The Labute approximate surface area is 157 Å². The first-order chi connectivity index (χ1) is 12.7. The third-order valence-electron chi connectivity index (χ3n) is 3.66. The molecule has 0 atom stereocenters. The number of amides is 1. The Kier molecular flexibility index (Phi) is 6.46. The Morgan fingerprint density at radius 1 is 0.926 bits per heavy atom. The van der Waals surface area contributed by atoms with Crippen LogP contribution in [0.15, 0.2) is 53.4 Å². The van der Waals surface area contributed by atoms with Gasteiger partial charge in [0, 0.05) is 23.9 Å². The van der Waals surface area contributed by atoms with E-state index >= 15 is 0 Å². The first-order valence-corrected chi connectivity index (χ1v) is 10.00. The van der Waals surface area contributed by atoms with E-state index in [1.807, 2.05) is 0 Å². The van der Waals surface area contributed by atoms with Crippen molar-refractivity contribution >= 4 is 33.2 Å². The molecule has 0 bridgehead atoms. The maximum absolute atomic E-state index is 12.1. The lowest BCUT2D eigenvalue weighted by molar-refractivity contribution is -0.115. The van der Waals surface area contributed by atoms with Gasteiger partial charge in [-0.1, -0.05) is 6.92 Å². The van der Waals surface area contributed by atoms with Gasteiger partial charge in [-0.25, -0.2) is 13.2 Å². The van der Waals surface area contributed by atoms with Gasteiger partial charge < -0.3 is 10.1 Å². The summed E-state index contributed by atoms with van der Waals surface area (Å²) in [6, 6.07) is 11.5. The first-order valence-electron chi connectivity index (χ1n) is 8.11. The van der Waals surface area contributed by atoms with Crippen molar-refractivity contribution < 1.29 is 27.5 Å². The molecule has 0 fully saturated rings. The van der Waals surface area contributed by atoms with Crippen molar-refractivity contribution in [2.75, 3.05) is 18.2 Å². The van der Waals surface area contributed by atoms with Crippen LogP contribution in [0.2, 0.25) is 0 Å². The van der Waals surface area contributed by atoms with Crippen molar-refractivity contribution in [2.24, 2.45) is 0 Å². The van der Waals surface area contributed by atoms with Crippen LogP contribution in [0.1, 0.15) is 34.1 Å². The number of benzene rings is 2. The Morgan fingerprint density at radius 3 is 2.00 bits per heavy atom. The molecule has 0 aliphatic rings. The average Bonchev–Trinajstić information content (AvgIpc) is 2.65. The summed E-state index contributed by atoms with van der Waals surface area (Å²) in [6.45, 7) is 1.28. The number of ether oxygens (including phenoxy) is 1. The van der Waals surface area contributed by atoms with Crippen molar-refractivity contribution in [3.63, 3.8) is 0 Å². The SMILES string of the molecule is CCC(=O)Nc1ccc(C(=O)COC(=O)c2ccc(S(C)(=O)=O)cc2)cc1. The Morgan fingerprint density at radius 2 is 1.48 bits per heavy atom. The molecule has 8 heteroatoms. The van der Waals surface area contributed by atoms with E-state index in [1.165, 1.54) is 36.4 Å². The molecular formula is C19H19NO6S. The molecule has 0 radical (unpaired) electrons. The summed E-state index contributed by atoms with van der Waals surface area (Å²) in [6.07, 6.45) is 1.42. The lowest BCUT2D eigenvalue weighted by Crippen LogP contribution is -2.14. The minimum Gasteiger partial charge on any atom is -0.454 e. The predicted octanol–water partition coefficient (Wildman–Crippen LogP) is 2.48. The normalized spacial score (nSPS) is 10.9. The molecule has 0 aliphatic heterocycles. The summed E-state index contributed by atoms with van der Waals surface area (Å²) < 4.78 is 27.8. The van der Waals surface area contributed by atoms with Gasteiger partial charge in [0.05, 0.1) is 10.5 Å². The van der Waals surface area contributed by atoms with Gasteiger partial charge >= 0.3 is 5.97 Å². The van der Waals surface area contributed by atoms with Crippen LogP contribution in [0.3, 0.4) is 0 Å². The molecule has 2 aromatic carbocycles. The predicted molar refractivity (Wildman–Crippen MR) is 99.5 cm³/mol. The second-order valence-corrected chi connectivity index (χ2v) is 7.79. The molecule has 0 aromatic heterocycles. The molecule has 1 amide bonds. The molecule has 0 spiro atoms. The number of ketones is 1.